The van der Waals surface area contributed by atoms with Crippen molar-refractivity contribution in [2.24, 2.45) is 5.73 Å². The molecule has 6 nitrogen and oxygen atoms in total. The molecule has 6 rings (SSSR count). The Balaban J connectivity index is 1.58. The number of imidazole rings is 1. The summed E-state index contributed by atoms with van der Waals surface area (Å²) in [4.78, 5) is 18.0. The summed E-state index contributed by atoms with van der Waals surface area (Å²) in [6.45, 7) is 3.63. The normalized spacial score (nSPS) is 18.8. The molecule has 4 heterocycles. The molecular formula is C25H23FN6. The van der Waals surface area contributed by atoms with Gasteiger partial charge < -0.3 is 20.6 Å². The van der Waals surface area contributed by atoms with Crippen LogP contribution < -0.4 is 10.6 Å². The van der Waals surface area contributed by atoms with Crippen LogP contribution in [-0.4, -0.2) is 38.6 Å². The monoisotopic (exact) mass is 426 g/mol. The number of hydrogen-bond acceptors (Lipinski definition) is 4. The van der Waals surface area contributed by atoms with E-state index < -0.39 is 0 Å². The van der Waals surface area contributed by atoms with Gasteiger partial charge in [0.25, 0.3) is 0 Å². The van der Waals surface area contributed by atoms with Crippen LogP contribution in [0.2, 0.25) is 0 Å². The van der Waals surface area contributed by atoms with E-state index in [1.165, 1.54) is 6.07 Å². The van der Waals surface area contributed by atoms with Crippen LogP contribution in [0.5, 0.6) is 0 Å². The lowest BCUT2D eigenvalue weighted by Gasteiger charge is -2.26. The number of rotatable bonds is 3. The van der Waals surface area contributed by atoms with E-state index in [0.717, 1.165) is 52.8 Å². The molecule has 1 aliphatic rings. The number of nitrogens with one attached hydrogen (secondary N) is 2. The largest absolute Gasteiger partial charge is 0.368 e. The first-order valence-corrected chi connectivity index (χ1v) is 10.7. The van der Waals surface area contributed by atoms with Crippen molar-refractivity contribution in [2.45, 2.75) is 18.9 Å². The van der Waals surface area contributed by atoms with Gasteiger partial charge in [0.05, 0.1) is 16.8 Å². The van der Waals surface area contributed by atoms with Crippen molar-refractivity contribution in [3.63, 3.8) is 0 Å². The summed E-state index contributed by atoms with van der Waals surface area (Å²) >= 11 is 0. The lowest BCUT2D eigenvalue weighted by Crippen LogP contribution is -2.39. The summed E-state index contributed by atoms with van der Waals surface area (Å²) in [6, 6.07) is 13.3. The number of hydrogen-bond donors (Lipinski definition) is 3. The number of fused-ring (bicyclic) bond motifs is 2. The molecule has 1 aliphatic heterocycles. The molecule has 0 aliphatic carbocycles. The molecule has 1 unspecified atom stereocenters. The lowest BCUT2D eigenvalue weighted by molar-refractivity contribution is 0.525. The number of H-pyrrole nitrogens is 2. The molecule has 1 saturated heterocycles. The van der Waals surface area contributed by atoms with Crippen molar-refractivity contribution < 1.29 is 4.39 Å². The van der Waals surface area contributed by atoms with Crippen molar-refractivity contribution in [1.29, 1.82) is 0 Å². The average Bonchev–Trinajstić information content (AvgIpc) is 3.50. The van der Waals surface area contributed by atoms with E-state index in [9.17, 15) is 4.39 Å². The van der Waals surface area contributed by atoms with Gasteiger partial charge in [-0.2, -0.15) is 0 Å². The van der Waals surface area contributed by atoms with Gasteiger partial charge in [-0.3, -0.25) is 4.98 Å². The smallest absolute Gasteiger partial charge is 0.151 e. The third-order valence-corrected chi connectivity index (χ3v) is 6.32. The molecule has 32 heavy (non-hydrogen) atoms. The fourth-order valence-electron chi connectivity index (χ4n) is 4.69. The molecule has 0 radical (unpaired) electrons. The van der Waals surface area contributed by atoms with Crippen LogP contribution in [-0.2, 0) is 0 Å². The van der Waals surface area contributed by atoms with Gasteiger partial charge in [-0.15, -0.1) is 0 Å². The highest BCUT2D eigenvalue weighted by molar-refractivity contribution is 5.94. The van der Waals surface area contributed by atoms with Crippen molar-refractivity contribution >= 4 is 27.6 Å². The first-order chi connectivity index (χ1) is 15.5. The Kier molecular flexibility index (Phi) is 4.10. The Bertz CT molecular complexity index is 1460. The fourth-order valence-corrected chi connectivity index (χ4v) is 4.69. The molecule has 4 N–H and O–H groups in total. The van der Waals surface area contributed by atoms with Gasteiger partial charge in [0, 0.05) is 48.3 Å². The van der Waals surface area contributed by atoms with Gasteiger partial charge in [-0.1, -0.05) is 18.2 Å². The highest BCUT2D eigenvalue weighted by Crippen LogP contribution is 2.41. The van der Waals surface area contributed by atoms with E-state index in [1.54, 1.807) is 12.3 Å². The summed E-state index contributed by atoms with van der Waals surface area (Å²) < 4.78 is 14.4. The maximum atomic E-state index is 14.4. The maximum absolute atomic E-state index is 14.4. The molecule has 0 bridgehead atoms. The minimum absolute atomic E-state index is 0.277. The van der Waals surface area contributed by atoms with Crippen LogP contribution in [0.3, 0.4) is 0 Å². The Morgan fingerprint density at radius 3 is 2.78 bits per heavy atom. The molecule has 3 aromatic heterocycles. The van der Waals surface area contributed by atoms with E-state index >= 15 is 0 Å². The topological polar surface area (TPSA) is 86.6 Å². The van der Waals surface area contributed by atoms with Crippen molar-refractivity contribution in [3.8, 4) is 22.5 Å². The van der Waals surface area contributed by atoms with E-state index in [1.807, 2.05) is 18.5 Å². The second-order valence-electron chi connectivity index (χ2n) is 8.91. The molecule has 5 aromatic rings. The molecule has 1 atom stereocenters. The van der Waals surface area contributed by atoms with E-state index in [0.29, 0.717) is 16.9 Å². The third-order valence-electron chi connectivity index (χ3n) is 6.32. The average molecular weight is 426 g/mol. The molecule has 2 aromatic carbocycles. The summed E-state index contributed by atoms with van der Waals surface area (Å²) in [5.74, 6) is 0.254. The van der Waals surface area contributed by atoms with E-state index in [-0.39, 0.29) is 11.4 Å². The van der Waals surface area contributed by atoms with Gasteiger partial charge in [0.2, 0.25) is 0 Å². The molecule has 0 spiro atoms. The number of aromatic nitrogens is 4. The Morgan fingerprint density at radius 2 is 1.97 bits per heavy atom. The predicted molar refractivity (Wildman–Crippen MR) is 126 cm³/mol. The molecule has 7 heteroatoms. The van der Waals surface area contributed by atoms with Crippen LogP contribution in [0.15, 0.2) is 61.1 Å². The summed E-state index contributed by atoms with van der Waals surface area (Å²) in [5, 5.41) is 1.16. The van der Waals surface area contributed by atoms with Crippen LogP contribution >= 0.6 is 0 Å². The zero-order valence-corrected chi connectivity index (χ0v) is 17.7. The lowest BCUT2D eigenvalue weighted by atomic mass is 10.00. The number of pyridine rings is 1. The first-order valence-electron chi connectivity index (χ1n) is 10.7. The molecular weight excluding hydrogens is 403 g/mol. The summed E-state index contributed by atoms with van der Waals surface area (Å²) in [5.41, 5.74) is 12.2. The second-order valence-corrected chi connectivity index (χ2v) is 8.91. The van der Waals surface area contributed by atoms with Gasteiger partial charge in [-0.05, 0) is 48.6 Å². The third kappa shape index (κ3) is 3.05. The number of benzene rings is 2. The Morgan fingerprint density at radius 1 is 1.09 bits per heavy atom. The minimum atomic E-state index is -0.344. The molecule has 160 valence electrons. The van der Waals surface area contributed by atoms with Gasteiger partial charge >= 0.3 is 0 Å². The van der Waals surface area contributed by atoms with Crippen molar-refractivity contribution in [2.75, 3.05) is 18.0 Å². The Hall–Kier alpha value is -3.71. The number of nitrogens with zero attached hydrogens (tertiary/aromatic N) is 3. The fraction of sp³-hybridized carbons (Fsp3) is 0.200. The minimum Gasteiger partial charge on any atom is -0.368 e. The quantitative estimate of drug-likeness (QED) is 0.385. The van der Waals surface area contributed by atoms with Gasteiger partial charge in [0.1, 0.15) is 11.3 Å². The van der Waals surface area contributed by atoms with Crippen LogP contribution in [0, 0.1) is 5.82 Å². The first kappa shape index (κ1) is 19.0. The highest BCUT2D eigenvalue weighted by atomic mass is 19.1. The Labute approximate surface area is 184 Å². The van der Waals surface area contributed by atoms with Crippen LogP contribution in [0.25, 0.3) is 44.5 Å². The van der Waals surface area contributed by atoms with E-state index in [2.05, 4.69) is 56.0 Å². The number of para-hydroxylation sites is 1. The van der Waals surface area contributed by atoms with Gasteiger partial charge in [-0.25, -0.2) is 9.37 Å². The van der Waals surface area contributed by atoms with Crippen molar-refractivity contribution in [1.82, 2.24) is 19.9 Å². The second kappa shape index (κ2) is 6.90. The molecule has 0 amide bonds. The van der Waals surface area contributed by atoms with Crippen LogP contribution in [0.4, 0.5) is 10.1 Å². The SMILES string of the molecule is CC1(N)CCN(c2c(-c3ccc4cc[nH]c4c3)cncc2-c2nc3c(F)cccc3[nH]2)C1. The number of nitrogens with two attached hydrogens (primary N) is 1. The number of anilines is 1. The number of halogens is 1. The van der Waals surface area contributed by atoms with Gasteiger partial charge in [0.15, 0.2) is 5.82 Å². The summed E-state index contributed by atoms with van der Waals surface area (Å²) in [7, 11) is 0. The molecule has 0 saturated carbocycles. The standard InChI is InChI=1S/C25H23FN6/c1-25(27)8-10-32(14-25)23-17(16-6-5-15-7-9-29-21(15)11-16)12-28-13-18(23)24-30-20-4-2-3-19(26)22(20)31-24/h2-7,9,11-13,29H,8,10,14,27H2,1H3,(H,30,31). The summed E-state index contributed by atoms with van der Waals surface area (Å²) in [6.07, 6.45) is 6.51. The van der Waals surface area contributed by atoms with E-state index in [4.69, 9.17) is 5.73 Å². The number of aromatic amines is 2. The highest BCUT2D eigenvalue weighted by Gasteiger charge is 2.33. The predicted octanol–water partition coefficient (Wildman–Crippen LogP) is 4.84. The molecule has 1 fully saturated rings. The maximum Gasteiger partial charge on any atom is 0.151 e. The zero-order valence-electron chi connectivity index (χ0n) is 17.7. The van der Waals surface area contributed by atoms with Crippen molar-refractivity contribution in [3.05, 3.63) is 66.9 Å². The zero-order chi connectivity index (χ0) is 21.9. The van der Waals surface area contributed by atoms with Crippen LogP contribution in [0.1, 0.15) is 13.3 Å².